The number of rotatable bonds is 8. The van der Waals surface area contributed by atoms with Crippen LogP contribution in [0.2, 0.25) is 0 Å². The summed E-state index contributed by atoms with van der Waals surface area (Å²) >= 11 is 0. The highest BCUT2D eigenvalue weighted by molar-refractivity contribution is 7.55. The number of hydrogen-bond donors (Lipinski definition) is 0. The van der Waals surface area contributed by atoms with E-state index in [-0.39, 0.29) is 0 Å². The summed E-state index contributed by atoms with van der Waals surface area (Å²) in [6.07, 6.45) is 7.63. The molecule has 0 spiro atoms. The largest absolute Gasteiger partial charge is 0.0654 e. The van der Waals surface area contributed by atoms with Crippen LogP contribution in [0.5, 0.6) is 0 Å². The summed E-state index contributed by atoms with van der Waals surface area (Å²) in [7, 11) is 0.788. The van der Waals surface area contributed by atoms with Crippen LogP contribution in [-0.4, -0.2) is 0 Å². The van der Waals surface area contributed by atoms with Gasteiger partial charge in [0.05, 0.1) is 0 Å². The molecule has 0 aliphatic rings. The van der Waals surface area contributed by atoms with Crippen molar-refractivity contribution in [1.29, 1.82) is 0 Å². The first-order chi connectivity index (χ1) is 10.3. The predicted molar refractivity (Wildman–Crippen MR) is 97.7 cm³/mol. The van der Waals surface area contributed by atoms with E-state index in [2.05, 4.69) is 62.4 Å². The lowest BCUT2D eigenvalue weighted by Crippen LogP contribution is -2.12. The van der Waals surface area contributed by atoms with E-state index in [9.17, 15) is 0 Å². The Morgan fingerprint density at radius 3 is 2.19 bits per heavy atom. The van der Waals surface area contributed by atoms with E-state index in [0.717, 1.165) is 8.58 Å². The Hall–Kier alpha value is -1.13. The van der Waals surface area contributed by atoms with Crippen LogP contribution in [0, 0.1) is 0 Å². The molecule has 2 rings (SSSR count). The third-order valence-electron chi connectivity index (χ3n) is 3.91. The second-order valence-electron chi connectivity index (χ2n) is 5.64. The first-order valence-corrected chi connectivity index (χ1v) is 9.28. The summed E-state index contributed by atoms with van der Waals surface area (Å²) < 4.78 is 0. The van der Waals surface area contributed by atoms with E-state index in [0.29, 0.717) is 0 Å². The molecular weight excluding hydrogens is 271 g/mol. The highest BCUT2D eigenvalue weighted by atomic mass is 31.1. The predicted octanol–water partition coefficient (Wildman–Crippen LogP) is 5.00. The zero-order valence-corrected chi connectivity index (χ0v) is 14.4. The van der Waals surface area contributed by atoms with Gasteiger partial charge in [0.2, 0.25) is 0 Å². The molecule has 112 valence electrons. The summed E-state index contributed by atoms with van der Waals surface area (Å²) in [5.74, 6) is 0. The van der Waals surface area contributed by atoms with E-state index in [4.69, 9.17) is 0 Å². The molecule has 0 N–H and O–H groups in total. The number of unbranched alkanes of at least 4 members (excludes halogenated alkanes) is 2. The van der Waals surface area contributed by atoms with Crippen molar-refractivity contribution in [1.82, 2.24) is 0 Å². The van der Waals surface area contributed by atoms with E-state index in [1.54, 1.807) is 16.4 Å². The summed E-state index contributed by atoms with van der Waals surface area (Å²) in [4.78, 5) is 0. The van der Waals surface area contributed by atoms with Crippen LogP contribution in [0.25, 0.3) is 0 Å². The van der Waals surface area contributed by atoms with Crippen molar-refractivity contribution in [2.24, 2.45) is 0 Å². The van der Waals surface area contributed by atoms with Gasteiger partial charge in [-0.3, -0.25) is 0 Å². The van der Waals surface area contributed by atoms with Crippen molar-refractivity contribution < 1.29 is 0 Å². The van der Waals surface area contributed by atoms with Gasteiger partial charge in [-0.2, -0.15) is 0 Å². The molecule has 2 aromatic carbocycles. The summed E-state index contributed by atoms with van der Waals surface area (Å²) in [6, 6.07) is 17.8. The summed E-state index contributed by atoms with van der Waals surface area (Å²) in [5.41, 5.74) is 3.22. The molecule has 0 bridgehead atoms. The van der Waals surface area contributed by atoms with Gasteiger partial charge < -0.3 is 0 Å². The van der Waals surface area contributed by atoms with Crippen molar-refractivity contribution in [2.75, 3.05) is 0 Å². The third-order valence-corrected chi connectivity index (χ3v) is 5.27. The molecule has 0 fully saturated rings. The Labute approximate surface area is 131 Å². The molecule has 0 amide bonds. The lowest BCUT2D eigenvalue weighted by Gasteiger charge is -2.15. The molecule has 0 radical (unpaired) electrons. The maximum Gasteiger partial charge on any atom is -0.0192 e. The van der Waals surface area contributed by atoms with Gasteiger partial charge in [-0.1, -0.05) is 83.8 Å². The fourth-order valence-electron chi connectivity index (χ4n) is 2.68. The highest BCUT2D eigenvalue weighted by Crippen LogP contribution is 2.20. The zero-order valence-electron chi connectivity index (χ0n) is 13.4. The molecule has 1 atom stereocenters. The van der Waals surface area contributed by atoms with Gasteiger partial charge in [-0.25, -0.2) is 0 Å². The van der Waals surface area contributed by atoms with Crippen LogP contribution < -0.4 is 10.6 Å². The van der Waals surface area contributed by atoms with E-state index in [1.807, 2.05) is 0 Å². The Kier molecular flexibility index (Phi) is 6.96. The molecule has 0 aromatic heterocycles. The highest BCUT2D eigenvalue weighted by Gasteiger charge is 2.08. The monoisotopic (exact) mass is 298 g/mol. The number of benzene rings is 2. The van der Waals surface area contributed by atoms with Crippen molar-refractivity contribution in [3.8, 4) is 0 Å². The van der Waals surface area contributed by atoms with Gasteiger partial charge in [0, 0.05) is 0 Å². The summed E-state index contributed by atoms with van der Waals surface area (Å²) in [6.45, 7) is 4.56. The lowest BCUT2D eigenvalue weighted by molar-refractivity contribution is 0.761. The Balaban J connectivity index is 2.25. The first kappa shape index (κ1) is 16.2. The Morgan fingerprint density at radius 2 is 1.48 bits per heavy atom. The van der Waals surface area contributed by atoms with Crippen molar-refractivity contribution in [2.45, 2.75) is 52.4 Å². The zero-order chi connectivity index (χ0) is 14.9. The molecular formula is C20H27P. The Bertz CT molecular complexity index is 531. The first-order valence-electron chi connectivity index (χ1n) is 8.28. The van der Waals surface area contributed by atoms with Crippen molar-refractivity contribution in [3.05, 3.63) is 59.7 Å². The van der Waals surface area contributed by atoms with Gasteiger partial charge >= 0.3 is 0 Å². The average molecular weight is 298 g/mol. The smallest absolute Gasteiger partial charge is 0.0192 e. The molecule has 21 heavy (non-hydrogen) atoms. The van der Waals surface area contributed by atoms with Crippen LogP contribution >= 0.6 is 8.58 Å². The fraction of sp³-hybridized carbons (Fsp3) is 0.400. The van der Waals surface area contributed by atoms with Gasteiger partial charge in [0.25, 0.3) is 0 Å². The van der Waals surface area contributed by atoms with E-state index >= 15 is 0 Å². The minimum absolute atomic E-state index is 0.788. The third kappa shape index (κ3) is 4.97. The van der Waals surface area contributed by atoms with E-state index in [1.165, 1.54) is 43.8 Å². The molecule has 0 aliphatic heterocycles. The second-order valence-corrected chi connectivity index (χ2v) is 7.01. The van der Waals surface area contributed by atoms with Crippen LogP contribution in [-0.2, 0) is 12.8 Å². The molecule has 1 unspecified atom stereocenters. The number of aryl methyl sites for hydroxylation is 1. The van der Waals surface area contributed by atoms with Crippen LogP contribution in [0.3, 0.4) is 0 Å². The summed E-state index contributed by atoms with van der Waals surface area (Å²) in [5, 5.41) is 3.01. The SMILES string of the molecule is CCCCc1cccc(Pc2ccccc2)c1CCCC. The molecule has 1 heteroatoms. The minimum Gasteiger partial charge on any atom is -0.0654 e. The second kappa shape index (κ2) is 9.00. The van der Waals surface area contributed by atoms with Gasteiger partial charge in [0.15, 0.2) is 0 Å². The van der Waals surface area contributed by atoms with Crippen LogP contribution in [0.1, 0.15) is 50.7 Å². The molecule has 2 aromatic rings. The van der Waals surface area contributed by atoms with Crippen LogP contribution in [0.4, 0.5) is 0 Å². The lowest BCUT2D eigenvalue weighted by atomic mass is 9.98. The van der Waals surface area contributed by atoms with Crippen molar-refractivity contribution >= 4 is 19.2 Å². The quantitative estimate of drug-likeness (QED) is 0.602. The van der Waals surface area contributed by atoms with E-state index < -0.39 is 0 Å². The van der Waals surface area contributed by atoms with Gasteiger partial charge in [-0.15, -0.1) is 0 Å². The molecule has 0 heterocycles. The van der Waals surface area contributed by atoms with Gasteiger partial charge in [0.1, 0.15) is 0 Å². The van der Waals surface area contributed by atoms with Gasteiger partial charge in [-0.05, 0) is 47.4 Å². The number of hydrogen-bond acceptors (Lipinski definition) is 0. The Morgan fingerprint density at radius 1 is 0.762 bits per heavy atom. The maximum atomic E-state index is 2.35. The van der Waals surface area contributed by atoms with Crippen LogP contribution in [0.15, 0.2) is 48.5 Å². The molecule has 0 nitrogen and oxygen atoms in total. The minimum atomic E-state index is 0.788. The maximum absolute atomic E-state index is 2.35. The molecule has 0 saturated carbocycles. The fourth-order valence-corrected chi connectivity index (χ4v) is 3.97. The topological polar surface area (TPSA) is 0 Å². The van der Waals surface area contributed by atoms with Crippen molar-refractivity contribution in [3.63, 3.8) is 0 Å². The molecule has 0 saturated heterocycles. The normalized spacial score (nSPS) is 11.3. The molecule has 0 aliphatic carbocycles. The standard InChI is InChI=1S/C20H27P/c1-3-5-11-17-12-10-16-20(19(17)15-6-4-2)21-18-13-8-7-9-14-18/h7-10,12-14,16,21H,3-6,11,15H2,1-2H3. The average Bonchev–Trinajstić information content (AvgIpc) is 2.53.